The van der Waals surface area contributed by atoms with Gasteiger partial charge in [0, 0.05) is 18.6 Å². The van der Waals surface area contributed by atoms with Gasteiger partial charge >= 0.3 is 5.97 Å². The fourth-order valence-corrected chi connectivity index (χ4v) is 3.02. The molecule has 0 saturated carbocycles. The molecule has 8 heteroatoms. The monoisotopic (exact) mass is 361 g/mol. The summed E-state index contributed by atoms with van der Waals surface area (Å²) in [7, 11) is 5.83. The van der Waals surface area contributed by atoms with Crippen molar-refractivity contribution < 1.29 is 28.4 Å². The van der Waals surface area contributed by atoms with E-state index in [-0.39, 0.29) is 41.9 Å². The second-order valence-electron chi connectivity index (χ2n) is 6.83. The molecule has 0 fully saturated rings. The molecule has 24 heavy (non-hydrogen) atoms. The first-order valence-electron chi connectivity index (χ1n) is 7.89. The van der Waals surface area contributed by atoms with Crippen molar-refractivity contribution in [1.82, 2.24) is 0 Å². The highest BCUT2D eigenvalue weighted by Crippen LogP contribution is 2.18. The standard InChI is InChI=1S/C16H28N2O5S/c1-6-14(20)23-13(9-18(3,4)5)8-15(21)24-10-12(16(17)22)7-11(2)19/h12-13H,6-10H2,1-5H3,(H-,17,22)/p+1/t12?,13-/m1/s1. The minimum absolute atomic E-state index is 0.0305. The van der Waals surface area contributed by atoms with Crippen LogP contribution in [0, 0.1) is 5.92 Å². The number of esters is 1. The van der Waals surface area contributed by atoms with E-state index in [2.05, 4.69) is 0 Å². The van der Waals surface area contributed by atoms with E-state index >= 15 is 0 Å². The number of carbonyl (C=O) groups is 4. The lowest BCUT2D eigenvalue weighted by Gasteiger charge is -2.28. The third kappa shape index (κ3) is 11.2. The zero-order valence-corrected chi connectivity index (χ0v) is 16.0. The smallest absolute Gasteiger partial charge is 0.306 e. The van der Waals surface area contributed by atoms with Gasteiger partial charge in [0.05, 0.1) is 33.5 Å². The van der Waals surface area contributed by atoms with E-state index in [0.29, 0.717) is 11.0 Å². The fourth-order valence-electron chi connectivity index (χ4n) is 2.05. The summed E-state index contributed by atoms with van der Waals surface area (Å²) in [5, 5.41) is -0.188. The molecule has 7 nitrogen and oxygen atoms in total. The molecule has 0 radical (unpaired) electrons. The molecule has 0 bridgehead atoms. The van der Waals surface area contributed by atoms with Crippen LogP contribution < -0.4 is 5.73 Å². The first-order chi connectivity index (χ1) is 10.9. The molecule has 0 aliphatic heterocycles. The summed E-state index contributed by atoms with van der Waals surface area (Å²) >= 11 is 0.954. The van der Waals surface area contributed by atoms with E-state index in [4.69, 9.17) is 10.5 Å². The maximum absolute atomic E-state index is 12.1. The average Bonchev–Trinajstić information content (AvgIpc) is 2.40. The number of likely N-dealkylation sites (N-methyl/N-ethyl adjacent to an activating group) is 1. The number of nitrogens with two attached hydrogens (primary N) is 1. The molecule has 0 rings (SSSR count). The maximum atomic E-state index is 12.1. The van der Waals surface area contributed by atoms with Crippen LogP contribution >= 0.6 is 11.8 Å². The molecular formula is C16H29N2O5S+. The van der Waals surface area contributed by atoms with Gasteiger partial charge in [-0.2, -0.15) is 0 Å². The Balaban J connectivity index is 4.66. The number of hydrogen-bond acceptors (Lipinski definition) is 6. The largest absolute Gasteiger partial charge is 0.456 e. The molecule has 1 unspecified atom stereocenters. The van der Waals surface area contributed by atoms with Crippen molar-refractivity contribution in [3.63, 3.8) is 0 Å². The Morgan fingerprint density at radius 2 is 1.71 bits per heavy atom. The summed E-state index contributed by atoms with van der Waals surface area (Å²) in [5.41, 5.74) is 5.25. The van der Waals surface area contributed by atoms with Gasteiger partial charge in [-0.15, -0.1) is 0 Å². The van der Waals surface area contributed by atoms with Gasteiger partial charge in [0.25, 0.3) is 0 Å². The Bertz CT molecular complexity index is 474. The predicted molar refractivity (Wildman–Crippen MR) is 93.1 cm³/mol. The van der Waals surface area contributed by atoms with Crippen molar-refractivity contribution in [3.05, 3.63) is 0 Å². The number of nitrogens with zero attached hydrogens (tertiary/aromatic N) is 1. The van der Waals surface area contributed by atoms with Gasteiger partial charge in [0.2, 0.25) is 5.91 Å². The third-order valence-corrected chi connectivity index (χ3v) is 4.17. The molecule has 0 aromatic carbocycles. The maximum Gasteiger partial charge on any atom is 0.306 e. The normalized spacial score (nSPS) is 13.9. The summed E-state index contributed by atoms with van der Waals surface area (Å²) < 4.78 is 5.88. The number of primary amides is 1. The van der Waals surface area contributed by atoms with E-state index in [1.54, 1.807) is 6.92 Å². The predicted octanol–water partition coefficient (Wildman–Crippen LogP) is 0.745. The lowest BCUT2D eigenvalue weighted by atomic mass is 10.1. The molecular weight excluding hydrogens is 332 g/mol. The first-order valence-corrected chi connectivity index (χ1v) is 8.87. The molecule has 138 valence electrons. The molecule has 0 spiro atoms. The van der Waals surface area contributed by atoms with Crippen molar-refractivity contribution in [2.45, 2.75) is 39.2 Å². The van der Waals surface area contributed by atoms with Crippen molar-refractivity contribution in [2.75, 3.05) is 33.4 Å². The second kappa shape index (κ2) is 10.5. The quantitative estimate of drug-likeness (QED) is 0.430. The van der Waals surface area contributed by atoms with Crippen LogP contribution in [0.4, 0.5) is 0 Å². The van der Waals surface area contributed by atoms with Gasteiger partial charge in [0.1, 0.15) is 12.3 Å². The summed E-state index contributed by atoms with van der Waals surface area (Å²) in [6.07, 6.45) is -0.172. The minimum atomic E-state index is -0.661. The van der Waals surface area contributed by atoms with E-state index in [1.807, 2.05) is 21.1 Å². The van der Waals surface area contributed by atoms with E-state index < -0.39 is 17.9 Å². The van der Waals surface area contributed by atoms with Gasteiger partial charge in [-0.1, -0.05) is 18.7 Å². The van der Waals surface area contributed by atoms with Crippen LogP contribution in [0.15, 0.2) is 0 Å². The Morgan fingerprint density at radius 3 is 2.12 bits per heavy atom. The molecule has 0 saturated heterocycles. The van der Waals surface area contributed by atoms with Crippen LogP contribution in [0.1, 0.15) is 33.1 Å². The number of amides is 1. The highest BCUT2D eigenvalue weighted by atomic mass is 32.2. The molecule has 2 N–H and O–H groups in total. The van der Waals surface area contributed by atoms with E-state index in [1.165, 1.54) is 6.92 Å². The van der Waals surface area contributed by atoms with Crippen molar-refractivity contribution in [3.8, 4) is 0 Å². The van der Waals surface area contributed by atoms with Crippen LogP contribution in [0.2, 0.25) is 0 Å². The number of quaternary nitrogens is 1. The molecule has 1 amide bonds. The summed E-state index contributed by atoms with van der Waals surface area (Å²) in [6, 6.07) is 0. The highest BCUT2D eigenvalue weighted by Gasteiger charge is 2.26. The number of ketones is 1. The Kier molecular flexibility index (Phi) is 9.84. The Labute approximate surface area is 147 Å². The number of Topliss-reactive ketones (excluding diaryl/α,β-unsaturated/α-hetero) is 1. The third-order valence-electron chi connectivity index (χ3n) is 3.11. The van der Waals surface area contributed by atoms with Crippen LogP contribution in [-0.4, -0.2) is 66.8 Å². The summed E-state index contributed by atoms with van der Waals surface area (Å²) in [6.45, 7) is 3.58. The molecule has 0 aliphatic carbocycles. The average molecular weight is 361 g/mol. The molecule has 0 aromatic heterocycles. The number of ether oxygens (including phenoxy) is 1. The van der Waals surface area contributed by atoms with Crippen LogP contribution in [0.25, 0.3) is 0 Å². The van der Waals surface area contributed by atoms with Gasteiger partial charge < -0.3 is 19.7 Å². The van der Waals surface area contributed by atoms with Crippen molar-refractivity contribution in [1.29, 1.82) is 0 Å². The SMILES string of the molecule is CCC(=O)O[C@H](CC(=O)SCC(CC(C)=O)C(N)=O)C[N+](C)(C)C. The van der Waals surface area contributed by atoms with Gasteiger partial charge in [0.15, 0.2) is 11.2 Å². The Hall–Kier alpha value is -1.41. The number of hydrogen-bond donors (Lipinski definition) is 1. The van der Waals surface area contributed by atoms with Gasteiger partial charge in [-0.3, -0.25) is 14.4 Å². The zero-order valence-electron chi connectivity index (χ0n) is 15.2. The molecule has 0 aliphatic rings. The zero-order chi connectivity index (χ0) is 18.9. The fraction of sp³-hybridized carbons (Fsp3) is 0.750. The van der Waals surface area contributed by atoms with Crippen molar-refractivity contribution in [2.24, 2.45) is 11.7 Å². The van der Waals surface area contributed by atoms with Crippen LogP contribution in [0.3, 0.4) is 0 Å². The first kappa shape index (κ1) is 22.6. The molecule has 0 heterocycles. The van der Waals surface area contributed by atoms with E-state index in [0.717, 1.165) is 11.8 Å². The molecule has 2 atom stereocenters. The highest BCUT2D eigenvalue weighted by molar-refractivity contribution is 8.13. The summed E-state index contributed by atoms with van der Waals surface area (Å²) in [5.74, 6) is -1.59. The lowest BCUT2D eigenvalue weighted by molar-refractivity contribution is -0.873. The van der Waals surface area contributed by atoms with Crippen molar-refractivity contribution >= 4 is 34.5 Å². The molecule has 0 aromatic rings. The number of carbonyl (C=O) groups excluding carboxylic acids is 4. The Morgan fingerprint density at radius 1 is 1.12 bits per heavy atom. The number of thioether (sulfide) groups is 1. The van der Waals surface area contributed by atoms with Crippen LogP contribution in [0.5, 0.6) is 0 Å². The van der Waals surface area contributed by atoms with Gasteiger partial charge in [-0.05, 0) is 6.92 Å². The van der Waals surface area contributed by atoms with Gasteiger partial charge in [-0.25, -0.2) is 0 Å². The topological polar surface area (TPSA) is 104 Å². The summed E-state index contributed by atoms with van der Waals surface area (Å²) in [4.78, 5) is 46.1. The lowest BCUT2D eigenvalue weighted by Crippen LogP contribution is -2.43. The van der Waals surface area contributed by atoms with E-state index in [9.17, 15) is 19.2 Å². The van der Waals surface area contributed by atoms with Crippen LogP contribution in [-0.2, 0) is 23.9 Å². The second-order valence-corrected chi connectivity index (χ2v) is 7.91. The minimum Gasteiger partial charge on any atom is -0.456 e. The number of rotatable bonds is 11.